The van der Waals surface area contributed by atoms with Crippen molar-refractivity contribution in [1.82, 2.24) is 35.1 Å². The molecular formula is C23H17FN8S. The quantitative estimate of drug-likeness (QED) is 0.392. The van der Waals surface area contributed by atoms with Crippen LogP contribution in [-0.4, -0.2) is 49.2 Å². The molecule has 0 aliphatic carbocycles. The molecule has 0 atom stereocenters. The number of pyridine rings is 3. The Kier molecular flexibility index (Phi) is 4.40. The average molecular weight is 457 g/mol. The van der Waals surface area contributed by atoms with Crippen molar-refractivity contribution < 1.29 is 4.39 Å². The van der Waals surface area contributed by atoms with Gasteiger partial charge in [-0.2, -0.15) is 16.4 Å². The van der Waals surface area contributed by atoms with Crippen molar-refractivity contribution in [3.63, 3.8) is 0 Å². The van der Waals surface area contributed by atoms with Gasteiger partial charge in [0.25, 0.3) is 0 Å². The molecule has 0 aromatic carbocycles. The Labute approximate surface area is 191 Å². The van der Waals surface area contributed by atoms with Gasteiger partial charge in [0.15, 0.2) is 11.6 Å². The van der Waals surface area contributed by atoms with Crippen molar-refractivity contribution in [2.75, 3.05) is 19.0 Å². The average Bonchev–Trinajstić information content (AvgIpc) is 3.58. The lowest BCUT2D eigenvalue weighted by molar-refractivity contribution is 0.638. The van der Waals surface area contributed by atoms with E-state index in [0.717, 1.165) is 27.8 Å². The zero-order chi connectivity index (χ0) is 22.5. The minimum absolute atomic E-state index is 0.207. The smallest absolute Gasteiger partial charge is 0.161 e. The number of aromatic amines is 2. The second-order valence-electron chi connectivity index (χ2n) is 7.79. The van der Waals surface area contributed by atoms with Crippen molar-refractivity contribution in [2.24, 2.45) is 0 Å². The standard InChI is InChI=1S/C23H17FN8S/c1-32(2)14-5-13(6-25-7-14)20-19(24)18-16(10-27-20)30-31-22(18)23-28-17-9-26-8-15(21(17)29-23)12-3-4-33-11-12/h3-11H,1-2H3,(H,28,29)(H,30,31). The molecular weight excluding hydrogens is 439 g/mol. The zero-order valence-electron chi connectivity index (χ0n) is 17.7. The van der Waals surface area contributed by atoms with Crippen LogP contribution in [0.3, 0.4) is 0 Å². The molecule has 6 rings (SSSR count). The van der Waals surface area contributed by atoms with Crippen molar-refractivity contribution >= 4 is 39.0 Å². The first-order chi connectivity index (χ1) is 16.1. The summed E-state index contributed by atoms with van der Waals surface area (Å²) in [5.41, 5.74) is 5.97. The highest BCUT2D eigenvalue weighted by atomic mass is 32.1. The van der Waals surface area contributed by atoms with Gasteiger partial charge in [0.2, 0.25) is 0 Å². The first kappa shape index (κ1) is 19.5. The minimum Gasteiger partial charge on any atom is -0.376 e. The van der Waals surface area contributed by atoms with Gasteiger partial charge in [-0.25, -0.2) is 9.37 Å². The van der Waals surface area contributed by atoms with Gasteiger partial charge < -0.3 is 9.88 Å². The maximum Gasteiger partial charge on any atom is 0.161 e. The summed E-state index contributed by atoms with van der Waals surface area (Å²) in [7, 11) is 3.81. The molecule has 6 aromatic rings. The Balaban J connectivity index is 1.53. The summed E-state index contributed by atoms with van der Waals surface area (Å²) < 4.78 is 15.8. The first-order valence-electron chi connectivity index (χ1n) is 10.1. The van der Waals surface area contributed by atoms with E-state index in [1.165, 1.54) is 0 Å². The highest BCUT2D eigenvalue weighted by Gasteiger charge is 2.21. The maximum absolute atomic E-state index is 15.8. The molecule has 6 aromatic heterocycles. The second kappa shape index (κ2) is 7.45. The highest BCUT2D eigenvalue weighted by Crippen LogP contribution is 2.34. The molecule has 33 heavy (non-hydrogen) atoms. The molecule has 0 spiro atoms. The fourth-order valence-electron chi connectivity index (χ4n) is 3.82. The van der Waals surface area contributed by atoms with Gasteiger partial charge in [0.1, 0.15) is 16.9 Å². The number of nitrogens with zero attached hydrogens (tertiary/aromatic N) is 6. The van der Waals surface area contributed by atoms with E-state index >= 15 is 4.39 Å². The van der Waals surface area contributed by atoms with E-state index in [1.54, 1.807) is 42.3 Å². The highest BCUT2D eigenvalue weighted by molar-refractivity contribution is 7.08. The second-order valence-corrected chi connectivity index (χ2v) is 8.57. The molecule has 0 aliphatic heterocycles. The van der Waals surface area contributed by atoms with Gasteiger partial charge in [-0.15, -0.1) is 0 Å². The lowest BCUT2D eigenvalue weighted by Crippen LogP contribution is -2.09. The summed E-state index contributed by atoms with van der Waals surface area (Å²) in [5.74, 6) is -0.0254. The summed E-state index contributed by atoms with van der Waals surface area (Å²) >= 11 is 1.61. The molecule has 0 fully saturated rings. The van der Waals surface area contributed by atoms with Gasteiger partial charge in [-0.1, -0.05) is 0 Å². The molecule has 162 valence electrons. The lowest BCUT2D eigenvalue weighted by atomic mass is 10.1. The third-order valence-electron chi connectivity index (χ3n) is 5.51. The number of anilines is 1. The van der Waals surface area contributed by atoms with Gasteiger partial charge in [-0.05, 0) is 28.5 Å². The van der Waals surface area contributed by atoms with Crippen LogP contribution in [0.15, 0.2) is 53.9 Å². The molecule has 2 N–H and O–H groups in total. The number of halogens is 1. The van der Waals surface area contributed by atoms with E-state index in [-0.39, 0.29) is 5.69 Å². The molecule has 0 amide bonds. The van der Waals surface area contributed by atoms with Crippen LogP contribution >= 0.6 is 11.3 Å². The third-order valence-corrected chi connectivity index (χ3v) is 6.19. The van der Waals surface area contributed by atoms with Crippen molar-refractivity contribution in [3.8, 4) is 33.9 Å². The molecule has 0 radical (unpaired) electrons. The first-order valence-corrected chi connectivity index (χ1v) is 11.1. The Bertz CT molecular complexity index is 1620. The molecule has 6 heterocycles. The SMILES string of the molecule is CN(C)c1cncc(-c2ncc3[nH]nc(-c4nc5c(-c6ccsc6)cncc5[nH]4)c3c2F)c1. The molecule has 0 aliphatic rings. The van der Waals surface area contributed by atoms with Crippen LogP contribution in [0.5, 0.6) is 0 Å². The zero-order valence-corrected chi connectivity index (χ0v) is 18.5. The topological polar surface area (TPSA) is 99.3 Å². The van der Waals surface area contributed by atoms with Crippen LogP contribution in [0.25, 0.3) is 55.8 Å². The van der Waals surface area contributed by atoms with Gasteiger partial charge in [0.05, 0.1) is 40.7 Å². The Morgan fingerprint density at radius 2 is 1.85 bits per heavy atom. The normalized spacial score (nSPS) is 11.5. The monoisotopic (exact) mass is 456 g/mol. The van der Waals surface area contributed by atoms with Crippen LogP contribution in [0.4, 0.5) is 10.1 Å². The fourth-order valence-corrected chi connectivity index (χ4v) is 4.48. The van der Waals surface area contributed by atoms with Crippen molar-refractivity contribution in [2.45, 2.75) is 0 Å². The molecule has 0 bridgehead atoms. The Morgan fingerprint density at radius 1 is 0.970 bits per heavy atom. The summed E-state index contributed by atoms with van der Waals surface area (Å²) in [6.45, 7) is 0. The number of aromatic nitrogens is 7. The lowest BCUT2D eigenvalue weighted by Gasteiger charge is -2.13. The number of fused-ring (bicyclic) bond motifs is 2. The van der Waals surface area contributed by atoms with Gasteiger partial charge in [-0.3, -0.25) is 20.1 Å². The molecule has 0 unspecified atom stereocenters. The summed E-state index contributed by atoms with van der Waals surface area (Å²) in [4.78, 5) is 22.8. The van der Waals surface area contributed by atoms with Gasteiger partial charge >= 0.3 is 0 Å². The van der Waals surface area contributed by atoms with Crippen LogP contribution < -0.4 is 4.90 Å². The number of hydrogen-bond acceptors (Lipinski definition) is 7. The maximum atomic E-state index is 15.8. The van der Waals surface area contributed by atoms with E-state index in [9.17, 15) is 0 Å². The van der Waals surface area contributed by atoms with Crippen molar-refractivity contribution in [1.29, 1.82) is 0 Å². The predicted octanol–water partition coefficient (Wildman–Crippen LogP) is 4.89. The summed E-state index contributed by atoms with van der Waals surface area (Å²) in [6, 6.07) is 3.87. The fraction of sp³-hybridized carbons (Fsp3) is 0.0870. The molecule has 10 heteroatoms. The van der Waals surface area contributed by atoms with Crippen LogP contribution in [0.1, 0.15) is 0 Å². The Hall–Kier alpha value is -4.18. The van der Waals surface area contributed by atoms with Crippen LogP contribution in [-0.2, 0) is 0 Å². The van der Waals surface area contributed by atoms with Crippen LogP contribution in [0, 0.1) is 5.82 Å². The largest absolute Gasteiger partial charge is 0.376 e. The molecule has 8 nitrogen and oxygen atoms in total. The number of imidazole rings is 1. The van der Waals surface area contributed by atoms with E-state index in [1.807, 2.05) is 41.9 Å². The summed E-state index contributed by atoms with van der Waals surface area (Å²) in [5, 5.41) is 11.6. The van der Waals surface area contributed by atoms with Crippen molar-refractivity contribution in [3.05, 3.63) is 59.7 Å². The van der Waals surface area contributed by atoms with E-state index in [4.69, 9.17) is 4.98 Å². The summed E-state index contributed by atoms with van der Waals surface area (Å²) in [6.07, 6.45) is 8.39. The Morgan fingerprint density at radius 3 is 2.67 bits per heavy atom. The number of thiophene rings is 1. The number of nitrogens with one attached hydrogen (secondary N) is 2. The van der Waals surface area contributed by atoms with Gasteiger partial charge in [0, 0.05) is 37.6 Å². The predicted molar refractivity (Wildman–Crippen MR) is 128 cm³/mol. The molecule has 0 saturated heterocycles. The van der Waals surface area contributed by atoms with Crippen LogP contribution in [0.2, 0.25) is 0 Å². The van der Waals surface area contributed by atoms with E-state index < -0.39 is 5.82 Å². The number of hydrogen-bond donors (Lipinski definition) is 2. The number of H-pyrrole nitrogens is 2. The minimum atomic E-state index is -0.481. The number of rotatable bonds is 4. The van der Waals surface area contributed by atoms with E-state index in [0.29, 0.717) is 28.0 Å². The van der Waals surface area contributed by atoms with E-state index in [2.05, 4.69) is 30.1 Å². The molecule has 0 saturated carbocycles. The third kappa shape index (κ3) is 3.14.